The predicted octanol–water partition coefficient (Wildman–Crippen LogP) is 11.4. The van der Waals surface area contributed by atoms with Gasteiger partial charge in [0.2, 0.25) is 0 Å². The molecule has 5 aromatic carbocycles. The van der Waals surface area contributed by atoms with Gasteiger partial charge in [-0.05, 0) is 58.9 Å². The second kappa shape index (κ2) is 14.2. The second-order valence-corrected chi connectivity index (χ2v) is 12.6. The molecule has 8 rings (SSSR count). The summed E-state index contributed by atoms with van der Waals surface area (Å²) in [6, 6.07) is 44.1. The summed E-state index contributed by atoms with van der Waals surface area (Å²) < 4.78 is 51.7. The normalized spacial score (nSPS) is 13.5. The van der Waals surface area contributed by atoms with Crippen molar-refractivity contribution in [1.82, 2.24) is 14.5 Å². The topological polar surface area (TPSA) is 43.9 Å². The van der Waals surface area contributed by atoms with Crippen LogP contribution in [0.4, 0.5) is 0 Å². The minimum Gasteiger partial charge on any atom is -0.557 e. The number of furan rings is 1. The van der Waals surface area contributed by atoms with Gasteiger partial charge in [-0.3, -0.25) is 4.98 Å². The Hall–Kier alpha value is -5.09. The first-order valence-corrected chi connectivity index (χ1v) is 15.7. The third-order valence-electron chi connectivity index (χ3n) is 8.25. The Kier molecular flexibility index (Phi) is 7.76. The molecule has 245 valence electrons. The Morgan fingerprint density at radius 1 is 0.755 bits per heavy atom. The molecule has 3 heterocycles. The number of hydrogen-bond donors (Lipinski definition) is 0. The molecule has 8 aromatic rings. The van der Waals surface area contributed by atoms with Gasteiger partial charge in [0.25, 0.3) is 0 Å². The van der Waals surface area contributed by atoms with E-state index in [1.807, 2.05) is 18.2 Å². The van der Waals surface area contributed by atoms with E-state index >= 15 is 0 Å². The van der Waals surface area contributed by atoms with Gasteiger partial charge in [0.05, 0.1) is 16.9 Å². The molecule has 3 aromatic heterocycles. The Morgan fingerprint density at radius 3 is 2.18 bits per heavy atom. The summed E-state index contributed by atoms with van der Waals surface area (Å²) in [7, 11) is 0. The number of pyridine rings is 1. The van der Waals surface area contributed by atoms with Crippen LogP contribution in [0.5, 0.6) is 0 Å². The van der Waals surface area contributed by atoms with Crippen molar-refractivity contribution < 1.29 is 32.7 Å². The molecule has 0 aliphatic carbocycles. The monoisotopic (exact) mass is 822 g/mol. The van der Waals surface area contributed by atoms with Crippen LogP contribution in [-0.2, 0) is 25.5 Å². The third kappa shape index (κ3) is 7.19. The molecular formula is C44H37IrN3O-2. The molecule has 1 radical (unpaired) electrons. The van der Waals surface area contributed by atoms with Crippen molar-refractivity contribution in [1.29, 1.82) is 0 Å². The summed E-state index contributed by atoms with van der Waals surface area (Å²) in [5.74, 6) is 0.832. The number of nitrogens with zero attached hydrogens (tertiary/aromatic N) is 3. The van der Waals surface area contributed by atoms with Crippen molar-refractivity contribution >= 4 is 22.0 Å². The fraction of sp³-hybridized carbons (Fsp3) is 0.136. The standard InChI is InChI=1S/C31H25N2O.C13H12N.Ir/c1-31(2,3)23-15-18-29-25(19-23)26(20-34-29)30-32-27-11-7-8-12-28(27)33(30)24-16-13-22(14-17-24)21-9-5-4-6-10-21;1-10-3-6-12(7-4-10)13-8-5-11(2)9-14-13;/h4-19H,1-3H3;3-6,8-9H,1-2H3;/q2*-1;/i;1D3,2D3;. The first-order chi connectivity index (χ1) is 25.7. The molecule has 49 heavy (non-hydrogen) atoms. The van der Waals surface area contributed by atoms with Crippen molar-refractivity contribution in [3.8, 4) is 39.5 Å². The van der Waals surface area contributed by atoms with Crippen LogP contribution in [0.1, 0.15) is 45.7 Å². The van der Waals surface area contributed by atoms with Crippen molar-refractivity contribution in [2.45, 2.75) is 39.9 Å². The number of benzene rings is 5. The number of aryl methyl sites for hydroxylation is 2. The number of hydrogen-bond acceptors (Lipinski definition) is 3. The first-order valence-electron chi connectivity index (χ1n) is 18.7. The molecule has 0 unspecified atom stereocenters. The van der Waals surface area contributed by atoms with Gasteiger partial charge in [-0.15, -0.1) is 35.4 Å². The molecule has 0 spiro atoms. The predicted molar refractivity (Wildman–Crippen MR) is 197 cm³/mol. The quantitative estimate of drug-likeness (QED) is 0.166. The number of imidazole rings is 1. The van der Waals surface area contributed by atoms with E-state index in [2.05, 4.69) is 122 Å². The molecule has 5 heteroatoms. The maximum atomic E-state index is 7.28. The van der Waals surface area contributed by atoms with E-state index in [4.69, 9.17) is 17.6 Å². The van der Waals surface area contributed by atoms with Gasteiger partial charge in [-0.2, -0.15) is 0 Å². The third-order valence-corrected chi connectivity index (χ3v) is 8.25. The largest absolute Gasteiger partial charge is 0.557 e. The first kappa shape index (κ1) is 26.8. The zero-order valence-corrected chi connectivity index (χ0v) is 29.7. The zero-order chi connectivity index (χ0) is 38.3. The van der Waals surface area contributed by atoms with E-state index in [1.54, 1.807) is 12.1 Å². The van der Waals surface area contributed by atoms with Crippen LogP contribution in [-0.4, -0.2) is 14.5 Å². The zero-order valence-electron chi connectivity index (χ0n) is 33.3. The van der Waals surface area contributed by atoms with Crippen LogP contribution in [0.3, 0.4) is 0 Å². The molecule has 0 aliphatic rings. The maximum absolute atomic E-state index is 7.28. The van der Waals surface area contributed by atoms with Crippen LogP contribution in [0.2, 0.25) is 0 Å². The van der Waals surface area contributed by atoms with Gasteiger partial charge in [-0.1, -0.05) is 129 Å². The minimum absolute atomic E-state index is 0. The van der Waals surface area contributed by atoms with Crippen molar-refractivity contribution in [2.24, 2.45) is 0 Å². The summed E-state index contributed by atoms with van der Waals surface area (Å²) in [6.07, 6.45) is 4.46. The number of fused-ring (bicyclic) bond motifs is 2. The van der Waals surface area contributed by atoms with Crippen LogP contribution in [0.15, 0.2) is 138 Å². The number of para-hydroxylation sites is 2. The van der Waals surface area contributed by atoms with Crippen molar-refractivity contribution in [3.05, 3.63) is 163 Å². The molecule has 0 atom stereocenters. The molecular weight excluding hydrogens is 779 g/mol. The fourth-order valence-electron chi connectivity index (χ4n) is 5.63. The Balaban J connectivity index is 0.000000211. The molecule has 0 amide bonds. The Morgan fingerprint density at radius 2 is 1.49 bits per heavy atom. The van der Waals surface area contributed by atoms with E-state index < -0.39 is 13.7 Å². The summed E-state index contributed by atoms with van der Waals surface area (Å²) in [5.41, 5.74) is 9.98. The molecule has 0 saturated carbocycles. The van der Waals surface area contributed by atoms with E-state index in [1.165, 1.54) is 41.1 Å². The van der Waals surface area contributed by atoms with Gasteiger partial charge < -0.3 is 14.0 Å². The summed E-state index contributed by atoms with van der Waals surface area (Å²) >= 11 is 0. The molecule has 0 bridgehead atoms. The van der Waals surface area contributed by atoms with E-state index in [-0.39, 0.29) is 36.6 Å². The van der Waals surface area contributed by atoms with Crippen LogP contribution in [0.25, 0.3) is 61.5 Å². The number of rotatable bonds is 4. The minimum atomic E-state index is -2.18. The van der Waals surface area contributed by atoms with Gasteiger partial charge in [0.1, 0.15) is 0 Å². The molecule has 0 fully saturated rings. The van der Waals surface area contributed by atoms with Crippen LogP contribution in [0, 0.1) is 26.0 Å². The second-order valence-electron chi connectivity index (χ2n) is 12.6. The van der Waals surface area contributed by atoms with Gasteiger partial charge >= 0.3 is 0 Å². The molecule has 0 saturated heterocycles. The fourth-order valence-corrected chi connectivity index (χ4v) is 5.63. The van der Waals surface area contributed by atoms with E-state index in [9.17, 15) is 0 Å². The average Bonchev–Trinajstić information content (AvgIpc) is 3.76. The maximum Gasteiger partial charge on any atom is 0.0774 e. The van der Waals surface area contributed by atoms with Gasteiger partial charge in [-0.25, -0.2) is 0 Å². The Bertz CT molecular complexity index is 2480. The summed E-state index contributed by atoms with van der Waals surface area (Å²) in [6.45, 7) is 2.33. The van der Waals surface area contributed by atoms with E-state index in [0.717, 1.165) is 39.1 Å². The van der Waals surface area contributed by atoms with Gasteiger partial charge in [0, 0.05) is 52.1 Å². The summed E-state index contributed by atoms with van der Waals surface area (Å²) in [5, 5.41) is 1.03. The van der Waals surface area contributed by atoms with Crippen molar-refractivity contribution in [3.63, 3.8) is 0 Å². The smallest absolute Gasteiger partial charge is 0.0774 e. The summed E-state index contributed by atoms with van der Waals surface area (Å²) in [4.78, 5) is 9.10. The van der Waals surface area contributed by atoms with E-state index in [0.29, 0.717) is 11.3 Å². The molecule has 0 N–H and O–H groups in total. The van der Waals surface area contributed by atoms with Crippen molar-refractivity contribution in [2.75, 3.05) is 0 Å². The van der Waals surface area contributed by atoms with Crippen LogP contribution >= 0.6 is 0 Å². The average molecular weight is 822 g/mol. The SMILES string of the molecule is CC(C)(C)c1ccc2o[c-]c(-c3nc4ccccc4n3-c3ccc(-c4ccccc4)cc3)c2c1.[2H]C([2H])([2H])c1c[c-]c(-c2ccc(C([2H])([2H])[2H])cn2)cc1.[Ir]. The Labute approximate surface area is 310 Å². The van der Waals surface area contributed by atoms with Gasteiger partial charge in [0.15, 0.2) is 0 Å². The molecule has 0 aliphatic heterocycles. The van der Waals surface area contributed by atoms with Crippen LogP contribution < -0.4 is 0 Å². The number of aromatic nitrogens is 3. The molecule has 4 nitrogen and oxygen atoms in total.